The van der Waals surface area contributed by atoms with Crippen molar-refractivity contribution < 1.29 is 42.9 Å². The molecule has 0 heterocycles. The average molecular weight is 707 g/mol. The number of ether oxygens (including phenoxy) is 4. The molecule has 0 aromatic carbocycles. The SMILES string of the molecule is CC/C=C\C/C=C\C/C=C\C/C=C\CCCCCCCCC(=O)OC(COC(=O)CCCCCCCC)COC(OCC[N+](C)(C)C)C(=O)O. The number of unbranched alkanes of at least 4 members (excludes halogenated alkanes) is 11. The first-order chi connectivity index (χ1) is 24.1. The number of allylic oxidation sites excluding steroid dienone is 8. The van der Waals surface area contributed by atoms with Crippen LogP contribution in [-0.2, 0) is 33.3 Å². The number of carbonyl (C=O) groups is 3. The summed E-state index contributed by atoms with van der Waals surface area (Å²) in [6.07, 6.45) is 33.4. The summed E-state index contributed by atoms with van der Waals surface area (Å²) in [5.41, 5.74) is 0. The fourth-order valence-corrected chi connectivity index (χ4v) is 4.82. The van der Waals surface area contributed by atoms with Gasteiger partial charge in [0.2, 0.25) is 0 Å². The first-order valence-electron chi connectivity index (χ1n) is 19.3. The Labute approximate surface area is 304 Å². The summed E-state index contributed by atoms with van der Waals surface area (Å²) < 4.78 is 22.5. The molecule has 0 aliphatic rings. The molecule has 0 fully saturated rings. The molecule has 50 heavy (non-hydrogen) atoms. The molecule has 0 radical (unpaired) electrons. The van der Waals surface area contributed by atoms with Crippen LogP contribution in [0.2, 0.25) is 0 Å². The lowest BCUT2D eigenvalue weighted by Crippen LogP contribution is -2.40. The van der Waals surface area contributed by atoms with Crippen molar-refractivity contribution in [1.29, 1.82) is 0 Å². The van der Waals surface area contributed by atoms with Gasteiger partial charge in [-0.1, -0.05) is 120 Å². The molecule has 2 unspecified atom stereocenters. The summed E-state index contributed by atoms with van der Waals surface area (Å²) >= 11 is 0. The van der Waals surface area contributed by atoms with E-state index >= 15 is 0 Å². The fraction of sp³-hybridized carbons (Fsp3) is 0.732. The molecule has 288 valence electrons. The highest BCUT2D eigenvalue weighted by Crippen LogP contribution is 2.12. The lowest BCUT2D eigenvalue weighted by Gasteiger charge is -2.25. The molecule has 0 rings (SSSR count). The zero-order chi connectivity index (χ0) is 37.1. The van der Waals surface area contributed by atoms with Crippen molar-refractivity contribution in [3.8, 4) is 0 Å². The number of carboxylic acids is 1. The zero-order valence-electron chi connectivity index (χ0n) is 32.3. The van der Waals surface area contributed by atoms with Crippen LogP contribution in [0, 0.1) is 0 Å². The van der Waals surface area contributed by atoms with Crippen molar-refractivity contribution in [2.45, 2.75) is 148 Å². The molecule has 0 spiro atoms. The number of rotatable bonds is 34. The predicted molar refractivity (Wildman–Crippen MR) is 203 cm³/mol. The van der Waals surface area contributed by atoms with E-state index in [0.717, 1.165) is 89.9 Å². The molecule has 0 bridgehead atoms. The van der Waals surface area contributed by atoms with Gasteiger partial charge in [0.1, 0.15) is 13.2 Å². The quantitative estimate of drug-likeness (QED) is 0.0232. The maximum atomic E-state index is 12.7. The van der Waals surface area contributed by atoms with E-state index in [0.29, 0.717) is 23.9 Å². The second-order valence-electron chi connectivity index (χ2n) is 13.9. The summed E-state index contributed by atoms with van der Waals surface area (Å²) in [5, 5.41) is 9.56. The fourth-order valence-electron chi connectivity index (χ4n) is 4.82. The van der Waals surface area contributed by atoms with Gasteiger partial charge in [0.25, 0.3) is 6.29 Å². The number of hydrogen-bond acceptors (Lipinski definition) is 7. The van der Waals surface area contributed by atoms with E-state index in [2.05, 4.69) is 62.5 Å². The van der Waals surface area contributed by atoms with Gasteiger partial charge in [-0.15, -0.1) is 0 Å². The molecule has 0 saturated heterocycles. The van der Waals surface area contributed by atoms with Gasteiger partial charge >= 0.3 is 17.9 Å². The number of carbonyl (C=O) groups excluding carboxylic acids is 2. The van der Waals surface area contributed by atoms with Crippen molar-refractivity contribution in [1.82, 2.24) is 0 Å². The summed E-state index contributed by atoms with van der Waals surface area (Å²) in [6.45, 7) is 4.64. The Morgan fingerprint density at radius 3 is 1.70 bits per heavy atom. The molecule has 9 heteroatoms. The van der Waals surface area contributed by atoms with E-state index in [1.54, 1.807) is 0 Å². The highest BCUT2D eigenvalue weighted by molar-refractivity contribution is 5.71. The molecule has 2 atom stereocenters. The number of esters is 2. The van der Waals surface area contributed by atoms with Crippen LogP contribution >= 0.6 is 0 Å². The molecular formula is C41H72NO8+. The van der Waals surface area contributed by atoms with Gasteiger partial charge in [-0.05, 0) is 51.4 Å². The second-order valence-corrected chi connectivity index (χ2v) is 13.9. The van der Waals surface area contributed by atoms with Crippen molar-refractivity contribution >= 4 is 17.9 Å². The van der Waals surface area contributed by atoms with Gasteiger partial charge < -0.3 is 28.5 Å². The third-order valence-corrected chi connectivity index (χ3v) is 7.85. The van der Waals surface area contributed by atoms with E-state index in [9.17, 15) is 19.5 Å². The summed E-state index contributed by atoms with van der Waals surface area (Å²) in [5.74, 6) is -2.05. The largest absolute Gasteiger partial charge is 0.477 e. The standard InChI is InChI=1S/C41H71NO8/c1-6-8-10-12-14-15-16-17-18-19-20-21-22-23-24-25-26-28-30-32-39(44)50-37(35-48-38(43)31-29-27-13-11-9-7-2)36-49-41(40(45)46)47-34-33-42(3,4)5/h8,10,14-15,17-18,20-21,37,41H,6-7,9,11-13,16,19,22-36H2,1-5H3/p+1/b10-8-,15-14-,18-17-,21-20-. The summed E-state index contributed by atoms with van der Waals surface area (Å²) in [4.78, 5) is 36.7. The van der Waals surface area contributed by atoms with Gasteiger partial charge in [0.15, 0.2) is 6.10 Å². The van der Waals surface area contributed by atoms with E-state index < -0.39 is 24.3 Å². The molecule has 0 aliphatic heterocycles. The van der Waals surface area contributed by atoms with Crippen LogP contribution in [0.1, 0.15) is 136 Å². The Balaban J connectivity index is 4.44. The maximum Gasteiger partial charge on any atom is 0.361 e. The Bertz CT molecular complexity index is 966. The van der Waals surface area contributed by atoms with E-state index in [-0.39, 0.29) is 32.2 Å². The summed E-state index contributed by atoms with van der Waals surface area (Å²) in [7, 11) is 5.93. The van der Waals surface area contributed by atoms with Gasteiger partial charge in [-0.3, -0.25) is 9.59 Å². The smallest absolute Gasteiger partial charge is 0.361 e. The Kier molecular flexibility index (Phi) is 31.6. The molecule has 0 aromatic rings. The predicted octanol–water partition coefficient (Wildman–Crippen LogP) is 9.27. The summed E-state index contributed by atoms with van der Waals surface area (Å²) in [6, 6.07) is 0. The average Bonchev–Trinajstić information content (AvgIpc) is 3.06. The molecular weight excluding hydrogens is 634 g/mol. The third-order valence-electron chi connectivity index (χ3n) is 7.85. The maximum absolute atomic E-state index is 12.7. The van der Waals surface area contributed by atoms with Gasteiger partial charge in [0.05, 0.1) is 34.4 Å². The molecule has 0 aromatic heterocycles. The second kappa shape index (κ2) is 33.4. The van der Waals surface area contributed by atoms with Crippen molar-refractivity contribution in [2.24, 2.45) is 0 Å². The minimum Gasteiger partial charge on any atom is -0.477 e. The van der Waals surface area contributed by atoms with Gasteiger partial charge in [-0.25, -0.2) is 4.79 Å². The number of quaternary nitrogens is 1. The Morgan fingerprint density at radius 1 is 0.620 bits per heavy atom. The lowest BCUT2D eigenvalue weighted by molar-refractivity contribution is -0.870. The number of carboxylic acid groups (broad SMARTS) is 1. The molecule has 9 nitrogen and oxygen atoms in total. The van der Waals surface area contributed by atoms with E-state index in [4.69, 9.17) is 18.9 Å². The van der Waals surface area contributed by atoms with Crippen molar-refractivity contribution in [2.75, 3.05) is 47.5 Å². The number of aliphatic carboxylic acids is 1. The third kappa shape index (κ3) is 33.7. The van der Waals surface area contributed by atoms with Crippen LogP contribution < -0.4 is 0 Å². The number of hydrogen-bond donors (Lipinski definition) is 1. The van der Waals surface area contributed by atoms with E-state index in [1.807, 2.05) is 21.1 Å². The zero-order valence-corrected chi connectivity index (χ0v) is 32.3. The van der Waals surface area contributed by atoms with Crippen LogP contribution in [0.5, 0.6) is 0 Å². The first kappa shape index (κ1) is 47.2. The highest BCUT2D eigenvalue weighted by Gasteiger charge is 2.25. The van der Waals surface area contributed by atoms with Crippen LogP contribution in [0.4, 0.5) is 0 Å². The van der Waals surface area contributed by atoms with Crippen LogP contribution in [0.25, 0.3) is 0 Å². The Morgan fingerprint density at radius 2 is 1.14 bits per heavy atom. The number of likely N-dealkylation sites (N-methyl/N-ethyl adjacent to an activating group) is 1. The lowest BCUT2D eigenvalue weighted by atomic mass is 10.1. The minimum absolute atomic E-state index is 0.183. The highest BCUT2D eigenvalue weighted by atomic mass is 16.7. The van der Waals surface area contributed by atoms with Gasteiger partial charge in [0, 0.05) is 12.8 Å². The van der Waals surface area contributed by atoms with E-state index in [1.165, 1.54) is 12.8 Å². The topological polar surface area (TPSA) is 108 Å². The number of nitrogens with zero attached hydrogens (tertiary/aromatic N) is 1. The van der Waals surface area contributed by atoms with Crippen LogP contribution in [0.3, 0.4) is 0 Å². The van der Waals surface area contributed by atoms with Crippen molar-refractivity contribution in [3.05, 3.63) is 48.6 Å². The monoisotopic (exact) mass is 707 g/mol. The first-order valence-corrected chi connectivity index (χ1v) is 19.3. The molecule has 0 amide bonds. The van der Waals surface area contributed by atoms with Crippen molar-refractivity contribution in [3.63, 3.8) is 0 Å². The normalized spacial score (nSPS) is 13.5. The molecule has 1 N–H and O–H groups in total. The Hall–Kier alpha value is -2.75. The minimum atomic E-state index is -1.51. The molecule has 0 aliphatic carbocycles. The molecule has 0 saturated carbocycles. The van der Waals surface area contributed by atoms with Gasteiger partial charge in [-0.2, -0.15) is 0 Å². The van der Waals surface area contributed by atoms with Crippen LogP contribution in [-0.4, -0.2) is 87.4 Å². The van der Waals surface area contributed by atoms with Crippen LogP contribution in [0.15, 0.2) is 48.6 Å².